The van der Waals surface area contributed by atoms with E-state index in [0.29, 0.717) is 11.1 Å². The molecule has 0 unspecified atom stereocenters. The van der Waals surface area contributed by atoms with Crippen LogP contribution in [0.2, 0.25) is 0 Å². The fourth-order valence-corrected chi connectivity index (χ4v) is 5.52. The van der Waals surface area contributed by atoms with Gasteiger partial charge in [-0.05, 0) is 48.5 Å². The average Bonchev–Trinajstić information content (AvgIpc) is 2.79. The molecular weight excluding hydrogens is 512 g/mol. The molecular formula is C28H40O11. The van der Waals surface area contributed by atoms with Crippen molar-refractivity contribution < 1.29 is 53.4 Å². The number of aliphatic hydroxyl groups excluding tert-OH is 3. The molecule has 0 aromatic heterocycles. The van der Waals surface area contributed by atoms with Gasteiger partial charge in [0.25, 0.3) is 0 Å². The van der Waals surface area contributed by atoms with Crippen molar-refractivity contribution in [3.05, 3.63) is 34.1 Å². The van der Waals surface area contributed by atoms with Crippen LogP contribution in [0, 0.1) is 11.3 Å². The van der Waals surface area contributed by atoms with Crippen LogP contribution >= 0.6 is 0 Å². The third-order valence-electron chi connectivity index (χ3n) is 7.37. The normalized spacial score (nSPS) is 32.5. The third kappa shape index (κ3) is 7.55. The third-order valence-corrected chi connectivity index (χ3v) is 7.37. The van der Waals surface area contributed by atoms with E-state index in [1.54, 1.807) is 6.92 Å². The summed E-state index contributed by atoms with van der Waals surface area (Å²) in [6.07, 6.45) is -4.60. The Hall–Kier alpha value is -3.02. The molecule has 2 rings (SSSR count). The second-order valence-corrected chi connectivity index (χ2v) is 10.6. The van der Waals surface area contributed by atoms with E-state index in [2.05, 4.69) is 0 Å². The Balaban J connectivity index is 3.05. The van der Waals surface area contributed by atoms with Gasteiger partial charge in [0, 0.05) is 45.6 Å². The first-order valence-electron chi connectivity index (χ1n) is 12.8. The molecule has 0 spiro atoms. The molecule has 218 valence electrons. The van der Waals surface area contributed by atoms with E-state index in [1.807, 2.05) is 13.8 Å². The standard InChI is InChI=1S/C28H40O11/c1-13-21(34)10-20-24(37-16(4)31)9-19(12-29)22(35)11-23(36-15(3)30)14(2)26(38-17(5)32)27(39-18(6)33)25(13)28(20,7)8/h9,20-24,27,29,34-35H,10-12H2,1-8H3/b19-9-,26-14+/t20-,21-,22-,23-,24-,27+/m0/s1. The van der Waals surface area contributed by atoms with Gasteiger partial charge in [-0.2, -0.15) is 0 Å². The first kappa shape index (κ1) is 32.2. The number of carbonyl (C=O) groups is 4. The van der Waals surface area contributed by atoms with Gasteiger partial charge in [0.05, 0.1) is 18.8 Å². The molecule has 0 aromatic carbocycles. The number of fused-ring (bicyclic) bond motifs is 2. The zero-order valence-corrected chi connectivity index (χ0v) is 23.8. The molecule has 39 heavy (non-hydrogen) atoms. The molecule has 3 N–H and O–H groups in total. The Morgan fingerprint density at radius 2 is 1.41 bits per heavy atom. The topological polar surface area (TPSA) is 166 Å². The van der Waals surface area contributed by atoms with E-state index in [1.165, 1.54) is 33.8 Å². The number of ether oxygens (including phenoxy) is 4. The van der Waals surface area contributed by atoms with Gasteiger partial charge < -0.3 is 34.3 Å². The van der Waals surface area contributed by atoms with Crippen molar-refractivity contribution in [3.8, 4) is 0 Å². The van der Waals surface area contributed by atoms with E-state index < -0.39 is 72.3 Å². The van der Waals surface area contributed by atoms with Crippen LogP contribution in [0.3, 0.4) is 0 Å². The predicted molar refractivity (Wildman–Crippen MR) is 138 cm³/mol. The minimum atomic E-state index is -1.37. The largest absolute Gasteiger partial charge is 0.458 e. The van der Waals surface area contributed by atoms with Crippen molar-refractivity contribution in [2.45, 2.75) is 98.8 Å². The van der Waals surface area contributed by atoms with Gasteiger partial charge in [-0.25, -0.2) is 0 Å². The van der Waals surface area contributed by atoms with Crippen LogP contribution in [0.15, 0.2) is 34.1 Å². The van der Waals surface area contributed by atoms with E-state index in [9.17, 15) is 34.5 Å². The van der Waals surface area contributed by atoms with Gasteiger partial charge in [-0.3, -0.25) is 19.2 Å². The second kappa shape index (κ2) is 12.9. The SMILES string of the molecule is CC(=O)O/C1=C(\C)[C@@H](OC(C)=O)C[C@H](O)/C(CO)=C\[C@H](OC(C)=O)[C@@H]2C[C@H](O)C(C)=C([C@H]1OC(C)=O)C2(C)C. The highest BCUT2D eigenvalue weighted by Crippen LogP contribution is 2.51. The Bertz CT molecular complexity index is 1080. The lowest BCUT2D eigenvalue weighted by Gasteiger charge is -2.48. The van der Waals surface area contributed by atoms with Gasteiger partial charge >= 0.3 is 23.9 Å². The summed E-state index contributed by atoms with van der Waals surface area (Å²) in [4.78, 5) is 48.9. The summed E-state index contributed by atoms with van der Waals surface area (Å²) >= 11 is 0. The number of hydrogen-bond donors (Lipinski definition) is 3. The number of carbonyl (C=O) groups excluding carboxylic acids is 4. The summed E-state index contributed by atoms with van der Waals surface area (Å²) in [6, 6.07) is 0. The highest BCUT2D eigenvalue weighted by atomic mass is 16.6. The Labute approximate surface area is 228 Å². The zero-order valence-electron chi connectivity index (χ0n) is 23.8. The molecule has 0 amide bonds. The lowest BCUT2D eigenvalue weighted by atomic mass is 9.60. The maximum Gasteiger partial charge on any atom is 0.307 e. The van der Waals surface area contributed by atoms with Gasteiger partial charge in [0.2, 0.25) is 0 Å². The quantitative estimate of drug-likeness (QED) is 0.259. The van der Waals surface area contributed by atoms with Gasteiger partial charge in [-0.1, -0.05) is 13.8 Å². The van der Waals surface area contributed by atoms with Crippen molar-refractivity contribution in [2.24, 2.45) is 11.3 Å². The second-order valence-electron chi connectivity index (χ2n) is 10.6. The highest BCUT2D eigenvalue weighted by Gasteiger charge is 2.50. The molecule has 0 saturated carbocycles. The molecule has 2 aliphatic carbocycles. The summed E-state index contributed by atoms with van der Waals surface area (Å²) in [7, 11) is 0. The molecule has 0 aromatic rings. The summed E-state index contributed by atoms with van der Waals surface area (Å²) < 4.78 is 22.5. The molecule has 0 fully saturated rings. The van der Waals surface area contributed by atoms with Crippen LogP contribution in [-0.2, 0) is 38.1 Å². The lowest BCUT2D eigenvalue weighted by molar-refractivity contribution is -0.153. The predicted octanol–water partition coefficient (Wildman–Crippen LogP) is 2.03. The number of hydrogen-bond acceptors (Lipinski definition) is 11. The highest BCUT2D eigenvalue weighted by molar-refractivity contribution is 5.70. The van der Waals surface area contributed by atoms with Crippen LogP contribution in [0.5, 0.6) is 0 Å². The minimum Gasteiger partial charge on any atom is -0.458 e. The lowest BCUT2D eigenvalue weighted by Crippen LogP contribution is -2.48. The maximum atomic E-state index is 12.4. The fourth-order valence-electron chi connectivity index (χ4n) is 5.52. The van der Waals surface area contributed by atoms with E-state index in [4.69, 9.17) is 18.9 Å². The molecule has 6 atom stereocenters. The molecule has 0 aliphatic heterocycles. The average molecular weight is 553 g/mol. The van der Waals surface area contributed by atoms with Crippen LogP contribution < -0.4 is 0 Å². The monoisotopic (exact) mass is 552 g/mol. The molecule has 0 radical (unpaired) electrons. The van der Waals surface area contributed by atoms with Crippen molar-refractivity contribution in [2.75, 3.05) is 6.61 Å². The summed E-state index contributed by atoms with van der Waals surface area (Å²) in [5, 5.41) is 32.4. The van der Waals surface area contributed by atoms with Crippen molar-refractivity contribution >= 4 is 23.9 Å². The number of rotatable bonds is 5. The molecule has 11 nitrogen and oxygen atoms in total. The summed E-state index contributed by atoms with van der Waals surface area (Å²) in [5.41, 5.74) is 0.209. The van der Waals surface area contributed by atoms with Crippen molar-refractivity contribution in [1.82, 2.24) is 0 Å². The number of aliphatic hydroxyl groups is 3. The van der Waals surface area contributed by atoms with Crippen molar-refractivity contribution in [3.63, 3.8) is 0 Å². The Kier molecular flexibility index (Phi) is 10.6. The molecule has 11 heteroatoms. The van der Waals surface area contributed by atoms with E-state index >= 15 is 0 Å². The first-order valence-corrected chi connectivity index (χ1v) is 12.8. The Morgan fingerprint density at radius 3 is 1.90 bits per heavy atom. The summed E-state index contributed by atoms with van der Waals surface area (Å²) in [6.45, 7) is 10.9. The molecule has 2 aliphatic rings. The maximum absolute atomic E-state index is 12.4. The van der Waals surface area contributed by atoms with Gasteiger partial charge in [0.15, 0.2) is 11.9 Å². The van der Waals surface area contributed by atoms with Gasteiger partial charge in [0.1, 0.15) is 12.2 Å². The first-order chi connectivity index (χ1) is 18.0. The Morgan fingerprint density at radius 1 is 0.846 bits per heavy atom. The fraction of sp³-hybridized carbons (Fsp3) is 0.643. The summed E-state index contributed by atoms with van der Waals surface area (Å²) in [5.74, 6) is -3.52. The number of esters is 4. The minimum absolute atomic E-state index is 0.107. The van der Waals surface area contributed by atoms with Crippen LogP contribution in [-0.4, -0.2) is 76.3 Å². The van der Waals surface area contributed by atoms with Crippen LogP contribution in [0.4, 0.5) is 0 Å². The van der Waals surface area contributed by atoms with Crippen LogP contribution in [0.1, 0.15) is 68.2 Å². The molecule has 0 saturated heterocycles. The van der Waals surface area contributed by atoms with E-state index in [0.717, 1.165) is 6.92 Å². The van der Waals surface area contributed by atoms with Crippen LogP contribution in [0.25, 0.3) is 0 Å². The smallest absolute Gasteiger partial charge is 0.307 e. The zero-order chi connectivity index (χ0) is 29.8. The van der Waals surface area contributed by atoms with E-state index in [-0.39, 0.29) is 29.7 Å². The molecule has 2 bridgehead atoms. The van der Waals surface area contributed by atoms with Crippen molar-refractivity contribution in [1.29, 1.82) is 0 Å². The van der Waals surface area contributed by atoms with Gasteiger partial charge in [-0.15, -0.1) is 0 Å². The molecule has 0 heterocycles.